The molecule has 2 heterocycles. The van der Waals surface area contributed by atoms with E-state index < -0.39 is 0 Å². The summed E-state index contributed by atoms with van der Waals surface area (Å²) >= 11 is 0. The molecular formula is C26H25N3O3. The molecule has 0 bridgehead atoms. The van der Waals surface area contributed by atoms with Crippen LogP contribution < -0.4 is 10.1 Å². The third-order valence-electron chi connectivity index (χ3n) is 5.53. The fraction of sp³-hybridized carbons (Fsp3) is 0.269. The fourth-order valence-electron chi connectivity index (χ4n) is 3.82. The number of nitrogens with one attached hydrogen (secondary N) is 1. The molecule has 1 aliphatic carbocycles. The van der Waals surface area contributed by atoms with Gasteiger partial charge in [0.05, 0.1) is 17.1 Å². The molecule has 1 amide bonds. The van der Waals surface area contributed by atoms with Crippen LogP contribution in [0, 0.1) is 0 Å². The second-order valence-electron chi connectivity index (χ2n) is 8.40. The van der Waals surface area contributed by atoms with Gasteiger partial charge in [0.15, 0.2) is 0 Å². The molecule has 0 atom stereocenters. The largest absolute Gasteiger partial charge is 0.491 e. The van der Waals surface area contributed by atoms with E-state index in [-0.39, 0.29) is 12.0 Å². The average molecular weight is 428 g/mol. The molecule has 32 heavy (non-hydrogen) atoms. The average Bonchev–Trinajstić information content (AvgIpc) is 3.57. The van der Waals surface area contributed by atoms with Crippen LogP contribution in [0.1, 0.15) is 54.2 Å². The first-order chi connectivity index (χ1) is 15.6. The van der Waals surface area contributed by atoms with Crippen LogP contribution in [0.5, 0.6) is 5.75 Å². The summed E-state index contributed by atoms with van der Waals surface area (Å²) < 4.78 is 11.5. The molecule has 1 aliphatic rings. The van der Waals surface area contributed by atoms with Crippen molar-refractivity contribution < 1.29 is 14.1 Å². The molecule has 5 rings (SSSR count). The number of fused-ring (bicyclic) bond motifs is 1. The number of amides is 1. The van der Waals surface area contributed by atoms with Gasteiger partial charge in [-0.25, -0.2) is 4.98 Å². The Balaban J connectivity index is 1.50. The number of ether oxygens (including phenoxy) is 1. The molecule has 2 aromatic carbocycles. The molecule has 0 spiro atoms. The second-order valence-corrected chi connectivity index (χ2v) is 8.40. The summed E-state index contributed by atoms with van der Waals surface area (Å²) in [5, 5.41) is 7.96. The number of hydrogen-bond donors (Lipinski definition) is 1. The number of rotatable bonds is 7. The van der Waals surface area contributed by atoms with Crippen LogP contribution in [-0.4, -0.2) is 22.2 Å². The Labute approximate surface area is 186 Å². The first kappa shape index (κ1) is 20.2. The molecule has 0 aliphatic heterocycles. The second kappa shape index (κ2) is 8.46. The molecule has 0 unspecified atom stereocenters. The molecule has 162 valence electrons. The van der Waals surface area contributed by atoms with Crippen LogP contribution in [-0.2, 0) is 6.54 Å². The Morgan fingerprint density at radius 1 is 1.12 bits per heavy atom. The Kier molecular flexibility index (Phi) is 5.35. The van der Waals surface area contributed by atoms with E-state index in [1.807, 2.05) is 74.5 Å². The van der Waals surface area contributed by atoms with Gasteiger partial charge in [-0.05, 0) is 38.8 Å². The molecule has 2 aromatic heterocycles. The highest BCUT2D eigenvalue weighted by atomic mass is 16.5. The van der Waals surface area contributed by atoms with Gasteiger partial charge in [0.2, 0.25) is 0 Å². The minimum absolute atomic E-state index is 0.0539. The highest BCUT2D eigenvalue weighted by Gasteiger charge is 2.29. The lowest BCUT2D eigenvalue weighted by Crippen LogP contribution is -2.24. The summed E-state index contributed by atoms with van der Waals surface area (Å²) in [5.41, 5.74) is 4.28. The number of aromatic nitrogens is 2. The highest BCUT2D eigenvalue weighted by molar-refractivity contribution is 6.09. The predicted octanol–water partition coefficient (Wildman–Crippen LogP) is 5.48. The van der Waals surface area contributed by atoms with Crippen molar-refractivity contribution in [1.82, 2.24) is 15.5 Å². The van der Waals surface area contributed by atoms with Crippen molar-refractivity contribution in [2.24, 2.45) is 0 Å². The van der Waals surface area contributed by atoms with Gasteiger partial charge in [0, 0.05) is 29.3 Å². The molecule has 6 heteroatoms. The Morgan fingerprint density at radius 3 is 2.62 bits per heavy atom. The zero-order valence-corrected chi connectivity index (χ0v) is 18.2. The maximum Gasteiger partial charge on any atom is 0.259 e. The van der Waals surface area contributed by atoms with Crippen molar-refractivity contribution >= 4 is 17.0 Å². The van der Waals surface area contributed by atoms with Gasteiger partial charge in [-0.2, -0.15) is 0 Å². The van der Waals surface area contributed by atoms with Crippen molar-refractivity contribution in [3.8, 4) is 17.0 Å². The number of hydrogen-bond acceptors (Lipinski definition) is 5. The lowest BCUT2D eigenvalue weighted by Gasteiger charge is -2.15. The van der Waals surface area contributed by atoms with Gasteiger partial charge >= 0.3 is 0 Å². The van der Waals surface area contributed by atoms with Gasteiger partial charge in [-0.1, -0.05) is 53.7 Å². The predicted molar refractivity (Wildman–Crippen MR) is 123 cm³/mol. The van der Waals surface area contributed by atoms with E-state index in [9.17, 15) is 4.79 Å². The monoisotopic (exact) mass is 427 g/mol. The van der Waals surface area contributed by atoms with Crippen molar-refractivity contribution in [3.05, 3.63) is 77.5 Å². The van der Waals surface area contributed by atoms with E-state index in [0.717, 1.165) is 35.4 Å². The molecule has 0 saturated heterocycles. The number of benzene rings is 2. The van der Waals surface area contributed by atoms with E-state index in [1.54, 1.807) is 0 Å². The molecular weight excluding hydrogens is 402 g/mol. The summed E-state index contributed by atoms with van der Waals surface area (Å²) in [6.07, 6.45) is 2.22. The maximum absolute atomic E-state index is 13.4. The minimum Gasteiger partial charge on any atom is -0.491 e. The smallest absolute Gasteiger partial charge is 0.259 e. The number of carbonyl (C=O) groups excluding carboxylic acids is 1. The maximum atomic E-state index is 13.4. The van der Waals surface area contributed by atoms with E-state index in [2.05, 4.69) is 15.5 Å². The summed E-state index contributed by atoms with van der Waals surface area (Å²) in [5.74, 6) is 0.978. The molecule has 4 aromatic rings. The van der Waals surface area contributed by atoms with Gasteiger partial charge in [-0.3, -0.25) is 4.79 Å². The lowest BCUT2D eigenvalue weighted by atomic mass is 10.0. The topological polar surface area (TPSA) is 77.2 Å². The molecule has 1 N–H and O–H groups in total. The molecule has 1 saturated carbocycles. The number of pyridine rings is 1. The first-order valence-corrected chi connectivity index (χ1v) is 11.0. The fourth-order valence-corrected chi connectivity index (χ4v) is 3.82. The third kappa shape index (κ3) is 4.08. The quantitative estimate of drug-likeness (QED) is 0.422. The zero-order valence-electron chi connectivity index (χ0n) is 18.2. The summed E-state index contributed by atoms with van der Waals surface area (Å²) in [4.78, 5) is 18.1. The van der Waals surface area contributed by atoms with E-state index in [1.165, 1.54) is 0 Å². The third-order valence-corrected chi connectivity index (χ3v) is 5.53. The van der Waals surface area contributed by atoms with Gasteiger partial charge < -0.3 is 14.6 Å². The molecule has 0 radical (unpaired) electrons. The van der Waals surface area contributed by atoms with Crippen LogP contribution >= 0.6 is 0 Å². The lowest BCUT2D eigenvalue weighted by molar-refractivity contribution is 0.0952. The van der Waals surface area contributed by atoms with E-state index in [4.69, 9.17) is 9.26 Å². The summed E-state index contributed by atoms with van der Waals surface area (Å²) in [7, 11) is 0. The minimum atomic E-state index is -0.181. The zero-order chi connectivity index (χ0) is 22.1. The summed E-state index contributed by atoms with van der Waals surface area (Å²) in [6, 6.07) is 19.4. The molecule has 1 fully saturated rings. The SMILES string of the molecule is CC(C)Oc1ccccc1CNC(=O)c1cc(C2CC2)nc2onc(-c3ccccc3)c12. The van der Waals surface area contributed by atoms with Crippen LogP contribution in [0.4, 0.5) is 0 Å². The number of nitrogens with zero attached hydrogens (tertiary/aromatic N) is 2. The van der Waals surface area contributed by atoms with Crippen molar-refractivity contribution in [2.45, 2.75) is 45.3 Å². The highest BCUT2D eigenvalue weighted by Crippen LogP contribution is 2.41. The Hall–Kier alpha value is -3.67. The van der Waals surface area contributed by atoms with Crippen molar-refractivity contribution in [2.75, 3.05) is 0 Å². The van der Waals surface area contributed by atoms with Crippen LogP contribution in [0.2, 0.25) is 0 Å². The number of carbonyl (C=O) groups is 1. The van der Waals surface area contributed by atoms with Gasteiger partial charge in [-0.15, -0.1) is 0 Å². The van der Waals surface area contributed by atoms with Crippen LogP contribution in [0.15, 0.2) is 65.2 Å². The number of para-hydroxylation sites is 1. The van der Waals surface area contributed by atoms with Crippen molar-refractivity contribution in [1.29, 1.82) is 0 Å². The van der Waals surface area contributed by atoms with Gasteiger partial charge in [0.1, 0.15) is 11.4 Å². The van der Waals surface area contributed by atoms with Crippen LogP contribution in [0.25, 0.3) is 22.4 Å². The van der Waals surface area contributed by atoms with Gasteiger partial charge in [0.25, 0.3) is 11.6 Å². The standard InChI is InChI=1S/C26H25N3O3/c1-16(2)31-22-11-7-6-10-19(22)15-27-25(30)20-14-21(17-12-13-17)28-26-23(20)24(29-32-26)18-8-4-3-5-9-18/h3-11,14,16-17H,12-13,15H2,1-2H3,(H,27,30). The Morgan fingerprint density at radius 2 is 1.88 bits per heavy atom. The first-order valence-electron chi connectivity index (χ1n) is 11.0. The van der Waals surface area contributed by atoms with E-state index in [0.29, 0.717) is 34.8 Å². The Bertz CT molecular complexity index is 1260. The normalized spacial score (nSPS) is 13.5. The van der Waals surface area contributed by atoms with Crippen molar-refractivity contribution in [3.63, 3.8) is 0 Å². The molecule has 6 nitrogen and oxygen atoms in total. The van der Waals surface area contributed by atoms with E-state index >= 15 is 0 Å². The summed E-state index contributed by atoms with van der Waals surface area (Å²) in [6.45, 7) is 4.33. The van der Waals surface area contributed by atoms with Crippen LogP contribution in [0.3, 0.4) is 0 Å².